The second-order valence-corrected chi connectivity index (χ2v) is 8.85. The summed E-state index contributed by atoms with van der Waals surface area (Å²) in [6.45, 7) is 4.08. The maximum Gasteiger partial charge on any atom is 0.416 e. The summed E-state index contributed by atoms with van der Waals surface area (Å²) < 4.78 is 41.5. The second kappa shape index (κ2) is 9.83. The number of anilines is 3. The lowest BCUT2D eigenvalue weighted by atomic mass is 9.94. The second-order valence-electron chi connectivity index (χ2n) is 8.04. The van der Waals surface area contributed by atoms with Crippen LogP contribution < -0.4 is 16.0 Å². The van der Waals surface area contributed by atoms with Gasteiger partial charge in [-0.15, -0.1) is 0 Å². The van der Waals surface area contributed by atoms with Crippen molar-refractivity contribution >= 4 is 46.3 Å². The smallest absolute Gasteiger partial charge is 0.383 e. The van der Waals surface area contributed by atoms with Gasteiger partial charge in [-0.25, -0.2) is 4.68 Å². The average Bonchev–Trinajstić information content (AvgIpc) is 3.26. The summed E-state index contributed by atoms with van der Waals surface area (Å²) in [5.74, 6) is 0.182. The SMILES string of the molecule is CCCNc1cc(C(F)(F)F)ccc1NC(=O)C1=C(C)Nc2ccnn2C1c1ccc(Cl)c(Cl)c1. The van der Waals surface area contributed by atoms with E-state index in [0.717, 1.165) is 12.1 Å². The predicted molar refractivity (Wildman–Crippen MR) is 132 cm³/mol. The van der Waals surface area contributed by atoms with E-state index < -0.39 is 23.7 Å². The molecule has 2 heterocycles. The Morgan fingerprint density at radius 1 is 1.11 bits per heavy atom. The Labute approximate surface area is 210 Å². The Morgan fingerprint density at radius 2 is 1.89 bits per heavy atom. The zero-order valence-electron chi connectivity index (χ0n) is 18.8. The highest BCUT2D eigenvalue weighted by atomic mass is 35.5. The first-order chi connectivity index (χ1) is 16.6. The number of halogens is 5. The van der Waals surface area contributed by atoms with Gasteiger partial charge in [0, 0.05) is 18.3 Å². The number of alkyl halides is 3. The predicted octanol–water partition coefficient (Wildman–Crippen LogP) is 6.96. The molecule has 0 saturated heterocycles. The van der Waals surface area contributed by atoms with E-state index >= 15 is 0 Å². The zero-order chi connectivity index (χ0) is 25.3. The molecule has 0 saturated carbocycles. The number of nitrogens with zero attached hydrogens (tertiary/aromatic N) is 2. The number of fused-ring (bicyclic) bond motifs is 1. The van der Waals surface area contributed by atoms with Gasteiger partial charge in [-0.3, -0.25) is 4.79 Å². The van der Waals surface area contributed by atoms with Gasteiger partial charge in [0.25, 0.3) is 5.91 Å². The third-order valence-electron chi connectivity index (χ3n) is 5.57. The average molecular weight is 524 g/mol. The van der Waals surface area contributed by atoms with Crippen LogP contribution in [0.1, 0.15) is 37.4 Å². The van der Waals surface area contributed by atoms with Gasteiger partial charge in [0.05, 0.1) is 38.8 Å². The minimum atomic E-state index is -4.51. The lowest BCUT2D eigenvalue weighted by Crippen LogP contribution is -2.31. The molecule has 1 aromatic heterocycles. The van der Waals surface area contributed by atoms with Crippen LogP contribution in [0.3, 0.4) is 0 Å². The van der Waals surface area contributed by atoms with Crippen LogP contribution in [-0.2, 0) is 11.0 Å². The molecule has 0 radical (unpaired) electrons. The number of hydrogen-bond donors (Lipinski definition) is 3. The number of allylic oxidation sites excluding steroid dienone is 1. The molecule has 0 bridgehead atoms. The first kappa shape index (κ1) is 24.9. The maximum absolute atomic E-state index is 13.6. The molecule has 184 valence electrons. The molecule has 1 unspecified atom stereocenters. The van der Waals surface area contributed by atoms with Gasteiger partial charge in [0.1, 0.15) is 11.9 Å². The molecule has 2 aromatic carbocycles. The molecule has 3 N–H and O–H groups in total. The molecule has 1 amide bonds. The fourth-order valence-electron chi connectivity index (χ4n) is 3.92. The van der Waals surface area contributed by atoms with Crippen molar-refractivity contribution in [1.29, 1.82) is 0 Å². The summed E-state index contributed by atoms with van der Waals surface area (Å²) >= 11 is 12.3. The van der Waals surface area contributed by atoms with Crippen LogP contribution in [0, 0.1) is 0 Å². The highest BCUT2D eigenvalue weighted by Crippen LogP contribution is 2.39. The Bertz CT molecular complexity index is 1300. The third kappa shape index (κ3) is 5.11. The van der Waals surface area contributed by atoms with Crippen LogP contribution in [0.2, 0.25) is 10.0 Å². The number of aromatic nitrogens is 2. The molecular formula is C24H22Cl2F3N5O. The van der Waals surface area contributed by atoms with Crippen molar-refractivity contribution in [3.05, 3.63) is 81.1 Å². The summed E-state index contributed by atoms with van der Waals surface area (Å²) in [4.78, 5) is 13.6. The maximum atomic E-state index is 13.6. The normalized spacial score (nSPS) is 15.5. The summed E-state index contributed by atoms with van der Waals surface area (Å²) in [6, 6.07) is 9.36. The number of nitrogens with one attached hydrogen (secondary N) is 3. The molecular weight excluding hydrogens is 502 g/mol. The van der Waals surface area contributed by atoms with Crippen molar-refractivity contribution in [1.82, 2.24) is 9.78 Å². The van der Waals surface area contributed by atoms with E-state index in [2.05, 4.69) is 21.0 Å². The first-order valence-electron chi connectivity index (χ1n) is 10.8. The quantitative estimate of drug-likeness (QED) is 0.326. The van der Waals surface area contributed by atoms with Crippen molar-refractivity contribution in [2.24, 2.45) is 0 Å². The fourth-order valence-corrected chi connectivity index (χ4v) is 4.22. The van der Waals surface area contributed by atoms with E-state index in [-0.39, 0.29) is 11.4 Å². The van der Waals surface area contributed by atoms with Gasteiger partial charge in [-0.2, -0.15) is 18.3 Å². The van der Waals surface area contributed by atoms with Crippen LogP contribution in [0.15, 0.2) is 59.9 Å². The van der Waals surface area contributed by atoms with Gasteiger partial charge in [-0.05, 0) is 49.2 Å². The van der Waals surface area contributed by atoms with Crippen LogP contribution in [0.4, 0.5) is 30.4 Å². The molecule has 1 atom stereocenters. The van der Waals surface area contributed by atoms with E-state index in [1.165, 1.54) is 6.07 Å². The van der Waals surface area contributed by atoms with Crippen molar-refractivity contribution in [2.75, 3.05) is 22.5 Å². The van der Waals surface area contributed by atoms with Crippen molar-refractivity contribution in [3.8, 4) is 0 Å². The molecule has 3 aromatic rings. The molecule has 0 aliphatic carbocycles. The van der Waals surface area contributed by atoms with E-state index in [0.29, 0.717) is 45.7 Å². The van der Waals surface area contributed by atoms with E-state index in [1.807, 2.05) is 6.92 Å². The molecule has 1 aliphatic rings. The monoisotopic (exact) mass is 523 g/mol. The van der Waals surface area contributed by atoms with E-state index in [1.54, 1.807) is 42.1 Å². The molecule has 0 spiro atoms. The number of benzene rings is 2. The van der Waals surface area contributed by atoms with E-state index in [9.17, 15) is 18.0 Å². The molecule has 11 heteroatoms. The summed E-state index contributed by atoms with van der Waals surface area (Å²) in [7, 11) is 0. The molecule has 0 fully saturated rings. The van der Waals surface area contributed by atoms with Gasteiger partial charge in [-0.1, -0.05) is 36.2 Å². The Morgan fingerprint density at radius 3 is 2.57 bits per heavy atom. The molecule has 4 rings (SSSR count). The summed E-state index contributed by atoms with van der Waals surface area (Å²) in [6.07, 6.45) is -2.21. The number of carbonyl (C=O) groups excluding carboxylic acids is 1. The van der Waals surface area contributed by atoms with Gasteiger partial charge in [0.2, 0.25) is 0 Å². The van der Waals surface area contributed by atoms with Crippen molar-refractivity contribution in [3.63, 3.8) is 0 Å². The highest BCUT2D eigenvalue weighted by Gasteiger charge is 2.34. The van der Waals surface area contributed by atoms with E-state index in [4.69, 9.17) is 23.2 Å². The Balaban J connectivity index is 1.74. The van der Waals surface area contributed by atoms with Crippen LogP contribution in [0.25, 0.3) is 0 Å². The van der Waals surface area contributed by atoms with Gasteiger partial charge >= 0.3 is 6.18 Å². The fraction of sp³-hybridized carbons (Fsp3) is 0.250. The molecule has 1 aliphatic heterocycles. The van der Waals surface area contributed by atoms with Gasteiger partial charge in [0.15, 0.2) is 0 Å². The lowest BCUT2D eigenvalue weighted by molar-refractivity contribution is -0.137. The van der Waals surface area contributed by atoms with Crippen molar-refractivity contribution in [2.45, 2.75) is 32.5 Å². The number of amides is 1. The molecule has 6 nitrogen and oxygen atoms in total. The van der Waals surface area contributed by atoms with Crippen LogP contribution in [0.5, 0.6) is 0 Å². The van der Waals surface area contributed by atoms with Crippen molar-refractivity contribution < 1.29 is 18.0 Å². The topological polar surface area (TPSA) is 71.0 Å². The van der Waals surface area contributed by atoms with Crippen LogP contribution in [-0.4, -0.2) is 22.2 Å². The van der Waals surface area contributed by atoms with Gasteiger partial charge < -0.3 is 16.0 Å². The summed E-state index contributed by atoms with van der Waals surface area (Å²) in [5, 5.41) is 14.0. The van der Waals surface area contributed by atoms with Crippen LogP contribution >= 0.6 is 23.2 Å². The highest BCUT2D eigenvalue weighted by molar-refractivity contribution is 6.42. The third-order valence-corrected chi connectivity index (χ3v) is 6.31. The minimum Gasteiger partial charge on any atom is -0.383 e. The largest absolute Gasteiger partial charge is 0.416 e. The number of rotatable bonds is 6. The summed E-state index contributed by atoms with van der Waals surface area (Å²) in [5.41, 5.74) is 1.19. The number of hydrogen-bond acceptors (Lipinski definition) is 4. The Hall–Kier alpha value is -3.17. The standard InChI is InChI=1S/C24H22Cl2F3N5O/c1-3-9-30-19-12-15(24(27,28)29)5-7-18(19)33-23(35)21-13(2)32-20-8-10-31-34(20)22(21)14-4-6-16(25)17(26)11-14/h4-8,10-12,22,30,32H,3,9H2,1-2H3,(H,33,35). The lowest BCUT2D eigenvalue weighted by Gasteiger charge is -2.30. The Kier molecular flexibility index (Phi) is 7.00. The molecule has 35 heavy (non-hydrogen) atoms. The minimum absolute atomic E-state index is 0.183. The first-order valence-corrected chi connectivity index (χ1v) is 11.6. The zero-order valence-corrected chi connectivity index (χ0v) is 20.3. The number of carbonyl (C=O) groups is 1.